The number of nitrogens with one attached hydrogen (secondary N) is 1. The van der Waals surface area contributed by atoms with E-state index >= 15 is 0 Å². The van der Waals surface area contributed by atoms with Crippen molar-refractivity contribution in [2.75, 3.05) is 20.3 Å². The predicted octanol–water partition coefficient (Wildman–Crippen LogP) is -5.75. The zero-order valence-electron chi connectivity index (χ0n) is 20.5. The molecule has 0 aromatic rings. The van der Waals surface area contributed by atoms with Crippen LogP contribution in [-0.4, -0.2) is 159 Å². The lowest BCUT2D eigenvalue weighted by molar-refractivity contribution is -0.382. The number of methoxy groups -OCH3 is 1. The van der Waals surface area contributed by atoms with Crippen LogP contribution in [0, 0.1) is 0 Å². The van der Waals surface area contributed by atoms with Gasteiger partial charge in [-0.05, 0) is 6.92 Å². The van der Waals surface area contributed by atoms with E-state index in [4.69, 9.17) is 28.4 Å². The van der Waals surface area contributed by atoms with Crippen molar-refractivity contribution in [2.45, 2.75) is 106 Å². The first-order chi connectivity index (χ1) is 17.4. The Bertz CT molecular complexity index is 747. The largest absolute Gasteiger partial charge is 0.394 e. The fraction of sp³-hybridized carbons (Fsp3) is 0.952. The molecule has 0 aromatic carbocycles. The number of carbonyl (C=O) groups excluding carboxylic acids is 1. The number of rotatable bonds is 8. The van der Waals surface area contributed by atoms with Gasteiger partial charge in [-0.1, -0.05) is 0 Å². The molecule has 16 nitrogen and oxygen atoms in total. The van der Waals surface area contributed by atoms with Crippen molar-refractivity contribution in [1.29, 1.82) is 0 Å². The van der Waals surface area contributed by atoms with E-state index in [1.54, 1.807) is 0 Å². The maximum Gasteiger partial charge on any atom is 0.217 e. The minimum atomic E-state index is -1.78. The van der Waals surface area contributed by atoms with Crippen molar-refractivity contribution in [3.8, 4) is 0 Å². The Morgan fingerprint density at radius 2 is 1.38 bits per heavy atom. The van der Waals surface area contributed by atoms with Crippen LogP contribution in [0.1, 0.15) is 13.8 Å². The maximum absolute atomic E-state index is 11.5. The van der Waals surface area contributed by atoms with E-state index in [0.717, 1.165) is 6.92 Å². The third kappa shape index (κ3) is 6.39. The minimum Gasteiger partial charge on any atom is -0.394 e. The highest BCUT2D eigenvalue weighted by Crippen LogP contribution is 2.33. The third-order valence-electron chi connectivity index (χ3n) is 6.70. The van der Waals surface area contributed by atoms with Gasteiger partial charge in [-0.25, -0.2) is 0 Å². The Hall–Kier alpha value is -1.09. The van der Waals surface area contributed by atoms with E-state index in [0.29, 0.717) is 0 Å². The summed E-state index contributed by atoms with van der Waals surface area (Å²) >= 11 is 0. The van der Waals surface area contributed by atoms with Crippen LogP contribution >= 0.6 is 0 Å². The van der Waals surface area contributed by atoms with E-state index in [-0.39, 0.29) is 0 Å². The summed E-state index contributed by atoms with van der Waals surface area (Å²) in [6, 6.07) is -1.37. The van der Waals surface area contributed by atoms with Gasteiger partial charge in [-0.2, -0.15) is 0 Å². The van der Waals surface area contributed by atoms with Gasteiger partial charge < -0.3 is 74.6 Å². The zero-order valence-corrected chi connectivity index (χ0v) is 20.5. The highest BCUT2D eigenvalue weighted by molar-refractivity contribution is 5.73. The van der Waals surface area contributed by atoms with E-state index in [9.17, 15) is 45.6 Å². The summed E-state index contributed by atoms with van der Waals surface area (Å²) in [5, 5.41) is 84.7. The second-order valence-corrected chi connectivity index (χ2v) is 9.26. The van der Waals surface area contributed by atoms with Gasteiger partial charge in [0.2, 0.25) is 5.91 Å². The molecule has 1 amide bonds. The van der Waals surface area contributed by atoms with Crippen molar-refractivity contribution < 1.29 is 74.1 Å². The zero-order chi connectivity index (χ0) is 27.6. The SMILES string of the molecule is CO[C@H]1[C@H](O)[C@H](O[C@H]2[C@H](O[C@H]3[C@H](O)[C@@H](NC(C)=O)C(O)O[C@@H]3CO)O[C@H](CO)[C@H](O)[C@@H]2O)O[C@@H](C)[C@H]1O. The molecule has 3 aliphatic rings. The van der Waals surface area contributed by atoms with Crippen LogP contribution in [0.3, 0.4) is 0 Å². The molecule has 216 valence electrons. The predicted molar refractivity (Wildman–Crippen MR) is 116 cm³/mol. The molecule has 3 fully saturated rings. The lowest BCUT2D eigenvalue weighted by atomic mass is 9.95. The lowest BCUT2D eigenvalue weighted by Gasteiger charge is -2.48. The maximum atomic E-state index is 11.5. The summed E-state index contributed by atoms with van der Waals surface area (Å²) < 4.78 is 33.0. The number of aliphatic hydroxyl groups is 8. The van der Waals surface area contributed by atoms with Gasteiger partial charge in [0.15, 0.2) is 18.9 Å². The van der Waals surface area contributed by atoms with Crippen LogP contribution in [-0.2, 0) is 33.2 Å². The van der Waals surface area contributed by atoms with Crippen molar-refractivity contribution in [1.82, 2.24) is 5.32 Å². The molecule has 16 heteroatoms. The second kappa shape index (κ2) is 12.8. The van der Waals surface area contributed by atoms with E-state index in [2.05, 4.69) is 5.32 Å². The van der Waals surface area contributed by atoms with Gasteiger partial charge in [0.25, 0.3) is 0 Å². The third-order valence-corrected chi connectivity index (χ3v) is 6.70. The molecule has 0 spiro atoms. The molecule has 3 heterocycles. The molecule has 3 rings (SSSR count). The quantitative estimate of drug-likeness (QED) is 0.138. The Morgan fingerprint density at radius 3 is 1.95 bits per heavy atom. The Labute approximate surface area is 212 Å². The fourth-order valence-electron chi connectivity index (χ4n) is 4.65. The molecule has 3 saturated heterocycles. The summed E-state index contributed by atoms with van der Waals surface area (Å²) in [6.45, 7) is 1.15. The Morgan fingerprint density at radius 1 is 0.757 bits per heavy atom. The number of amides is 1. The first kappa shape index (κ1) is 30.5. The Balaban J connectivity index is 1.87. The number of aliphatic hydroxyl groups excluding tert-OH is 8. The van der Waals surface area contributed by atoms with Gasteiger partial charge in [-0.15, -0.1) is 0 Å². The summed E-state index contributed by atoms with van der Waals surface area (Å²) in [6.07, 6.45) is -20.5. The van der Waals surface area contributed by atoms with Gasteiger partial charge in [0.05, 0.1) is 19.3 Å². The summed E-state index contributed by atoms with van der Waals surface area (Å²) in [5.74, 6) is -0.602. The van der Waals surface area contributed by atoms with Crippen molar-refractivity contribution in [3.05, 3.63) is 0 Å². The molecular weight excluding hydrogens is 506 g/mol. The molecule has 37 heavy (non-hydrogen) atoms. The number of hydrogen-bond donors (Lipinski definition) is 9. The average Bonchev–Trinajstić information content (AvgIpc) is 2.85. The molecule has 0 aliphatic carbocycles. The normalized spacial score (nSPS) is 49.0. The van der Waals surface area contributed by atoms with Crippen LogP contribution in [0.4, 0.5) is 0 Å². The molecule has 0 saturated carbocycles. The van der Waals surface area contributed by atoms with Crippen LogP contribution in [0.25, 0.3) is 0 Å². The fourth-order valence-corrected chi connectivity index (χ4v) is 4.65. The molecule has 1 unspecified atom stereocenters. The number of ether oxygens (including phenoxy) is 6. The first-order valence-corrected chi connectivity index (χ1v) is 11.8. The second-order valence-electron chi connectivity index (χ2n) is 9.26. The van der Waals surface area contributed by atoms with Gasteiger partial charge >= 0.3 is 0 Å². The molecule has 9 N–H and O–H groups in total. The highest BCUT2D eigenvalue weighted by atomic mass is 16.8. The van der Waals surface area contributed by atoms with Gasteiger partial charge in [0.1, 0.15) is 67.1 Å². The topological polar surface area (TPSA) is 246 Å². The van der Waals surface area contributed by atoms with E-state index in [1.807, 2.05) is 0 Å². The van der Waals surface area contributed by atoms with E-state index < -0.39 is 111 Å². The lowest BCUT2D eigenvalue weighted by Crippen LogP contribution is -2.68. The average molecular weight is 544 g/mol. The smallest absolute Gasteiger partial charge is 0.217 e. The molecule has 0 bridgehead atoms. The van der Waals surface area contributed by atoms with Crippen LogP contribution < -0.4 is 5.32 Å². The molecule has 3 aliphatic heterocycles. The van der Waals surface area contributed by atoms with Gasteiger partial charge in [-0.3, -0.25) is 4.79 Å². The van der Waals surface area contributed by atoms with Crippen LogP contribution in [0.5, 0.6) is 0 Å². The summed E-state index contributed by atoms with van der Waals surface area (Å²) in [5.41, 5.74) is 0. The van der Waals surface area contributed by atoms with Crippen molar-refractivity contribution >= 4 is 5.91 Å². The Kier molecular flexibility index (Phi) is 10.6. The number of carbonyl (C=O) groups is 1. The van der Waals surface area contributed by atoms with Crippen LogP contribution in [0.15, 0.2) is 0 Å². The minimum absolute atomic E-state index is 0.602. The van der Waals surface area contributed by atoms with Crippen molar-refractivity contribution in [3.63, 3.8) is 0 Å². The molecule has 0 radical (unpaired) electrons. The monoisotopic (exact) mass is 543 g/mol. The summed E-state index contributed by atoms with van der Waals surface area (Å²) in [7, 11) is 1.26. The van der Waals surface area contributed by atoms with Gasteiger partial charge in [0, 0.05) is 14.0 Å². The molecule has 15 atom stereocenters. The number of hydrogen-bond acceptors (Lipinski definition) is 15. The van der Waals surface area contributed by atoms with E-state index in [1.165, 1.54) is 14.0 Å². The first-order valence-electron chi connectivity index (χ1n) is 11.8. The molecular formula is C21H37NO15. The standard InChI is InChI=1S/C21H37NO15/c1-6-11(26)17(32-3)15(30)20(33-6)37-18-14(29)12(27)8(4-23)35-21(18)36-16-9(5-24)34-19(31)10(13(16)28)22-7(2)25/h6,8-21,23-24,26-31H,4-5H2,1-3H3,(H,22,25)/t6-,8+,9+,10+,11+,12-,13+,14-,15-,16+,17+,18+,19?,20-,21-/m0/s1. The van der Waals surface area contributed by atoms with Crippen molar-refractivity contribution in [2.24, 2.45) is 0 Å². The highest BCUT2D eigenvalue weighted by Gasteiger charge is 2.53. The summed E-state index contributed by atoms with van der Waals surface area (Å²) in [4.78, 5) is 11.5. The van der Waals surface area contributed by atoms with Crippen LogP contribution in [0.2, 0.25) is 0 Å². The molecule has 0 aromatic heterocycles.